The second-order valence-corrected chi connectivity index (χ2v) is 6.53. The van der Waals surface area contributed by atoms with E-state index in [0.717, 1.165) is 25.7 Å². The summed E-state index contributed by atoms with van der Waals surface area (Å²) in [6.45, 7) is 5.28. The van der Waals surface area contributed by atoms with Crippen LogP contribution in [0.2, 0.25) is 0 Å². The van der Waals surface area contributed by atoms with E-state index in [9.17, 15) is 0 Å². The average molecular weight is 289 g/mol. The van der Waals surface area contributed by atoms with E-state index in [1.165, 1.54) is 27.1 Å². The van der Waals surface area contributed by atoms with Gasteiger partial charge in [-0.25, -0.2) is 0 Å². The fourth-order valence-corrected chi connectivity index (χ4v) is 3.07. The Morgan fingerprint density at radius 3 is 2.87 bits per heavy atom. The second-order valence-electron chi connectivity index (χ2n) is 4.07. The molecular weight excluding hydrogens is 272 g/mol. The predicted molar refractivity (Wildman–Crippen MR) is 69.5 cm³/mol. The Morgan fingerprint density at radius 2 is 2.27 bits per heavy atom. The Labute approximate surface area is 104 Å². The SMILES string of the molecule is Cc1cc(CNCCNC2CC2)sc1Br. The molecule has 1 fully saturated rings. The van der Waals surface area contributed by atoms with Gasteiger partial charge in [0.25, 0.3) is 0 Å². The van der Waals surface area contributed by atoms with E-state index in [1.807, 2.05) is 11.3 Å². The van der Waals surface area contributed by atoms with E-state index >= 15 is 0 Å². The molecular formula is C11H17BrN2S. The number of nitrogens with one attached hydrogen (secondary N) is 2. The minimum atomic E-state index is 0.824. The van der Waals surface area contributed by atoms with Gasteiger partial charge in [-0.1, -0.05) is 0 Å². The molecule has 0 spiro atoms. The summed E-state index contributed by atoms with van der Waals surface area (Å²) in [5, 5.41) is 6.94. The van der Waals surface area contributed by atoms with Crippen molar-refractivity contribution in [3.63, 3.8) is 0 Å². The molecule has 0 unspecified atom stereocenters. The van der Waals surface area contributed by atoms with Crippen molar-refractivity contribution in [2.45, 2.75) is 32.4 Å². The molecule has 0 radical (unpaired) electrons. The molecule has 84 valence electrons. The summed E-state index contributed by atoms with van der Waals surface area (Å²) in [6.07, 6.45) is 2.74. The van der Waals surface area contributed by atoms with Crippen LogP contribution < -0.4 is 10.6 Å². The van der Waals surface area contributed by atoms with Crippen molar-refractivity contribution in [2.75, 3.05) is 13.1 Å². The van der Waals surface area contributed by atoms with Gasteiger partial charge in [-0.3, -0.25) is 0 Å². The second kappa shape index (κ2) is 5.43. The monoisotopic (exact) mass is 288 g/mol. The molecule has 1 aromatic heterocycles. The molecule has 1 saturated carbocycles. The lowest BCUT2D eigenvalue weighted by molar-refractivity contribution is 0.611. The fourth-order valence-electron chi connectivity index (χ4n) is 1.47. The highest BCUT2D eigenvalue weighted by Crippen LogP contribution is 2.27. The first-order valence-corrected chi connectivity index (χ1v) is 7.05. The zero-order valence-corrected chi connectivity index (χ0v) is 11.4. The fraction of sp³-hybridized carbons (Fsp3) is 0.636. The first kappa shape index (κ1) is 11.6. The number of rotatable bonds is 6. The van der Waals surface area contributed by atoms with Crippen LogP contribution in [-0.2, 0) is 6.54 Å². The minimum absolute atomic E-state index is 0.824. The Hall–Kier alpha value is 0.100. The molecule has 2 rings (SSSR count). The zero-order chi connectivity index (χ0) is 10.7. The standard InChI is InChI=1S/C11H17BrN2S/c1-8-6-10(15-11(8)12)7-13-4-5-14-9-2-3-9/h6,9,13-14H,2-5,7H2,1H3. The van der Waals surface area contributed by atoms with Crippen molar-refractivity contribution in [3.8, 4) is 0 Å². The highest BCUT2D eigenvalue weighted by molar-refractivity contribution is 9.11. The van der Waals surface area contributed by atoms with Crippen LogP contribution in [0.15, 0.2) is 9.85 Å². The maximum atomic E-state index is 3.54. The first-order chi connectivity index (χ1) is 7.25. The van der Waals surface area contributed by atoms with Gasteiger partial charge in [-0.05, 0) is 47.3 Å². The predicted octanol–water partition coefficient (Wildman–Crippen LogP) is 2.66. The van der Waals surface area contributed by atoms with Gasteiger partial charge in [0, 0.05) is 30.6 Å². The van der Waals surface area contributed by atoms with E-state index in [0.29, 0.717) is 0 Å². The number of halogens is 1. The van der Waals surface area contributed by atoms with Crippen LogP contribution in [0.3, 0.4) is 0 Å². The van der Waals surface area contributed by atoms with Gasteiger partial charge in [0.05, 0.1) is 3.79 Å². The largest absolute Gasteiger partial charge is 0.313 e. The minimum Gasteiger partial charge on any atom is -0.313 e. The Kier molecular flexibility index (Phi) is 4.20. The maximum Gasteiger partial charge on any atom is 0.0730 e. The van der Waals surface area contributed by atoms with Crippen LogP contribution >= 0.6 is 27.3 Å². The third kappa shape index (κ3) is 3.87. The van der Waals surface area contributed by atoms with Gasteiger partial charge in [0.15, 0.2) is 0 Å². The summed E-state index contributed by atoms with van der Waals surface area (Å²) >= 11 is 5.37. The molecule has 1 aliphatic rings. The van der Waals surface area contributed by atoms with Gasteiger partial charge >= 0.3 is 0 Å². The van der Waals surface area contributed by atoms with Crippen LogP contribution in [-0.4, -0.2) is 19.1 Å². The molecule has 1 heterocycles. The molecule has 1 aromatic rings. The summed E-state index contributed by atoms with van der Waals surface area (Å²) in [6, 6.07) is 3.07. The molecule has 4 heteroatoms. The van der Waals surface area contributed by atoms with Crippen molar-refractivity contribution in [1.29, 1.82) is 0 Å². The molecule has 0 aromatic carbocycles. The lowest BCUT2D eigenvalue weighted by Crippen LogP contribution is -2.28. The van der Waals surface area contributed by atoms with Gasteiger partial charge in [0.1, 0.15) is 0 Å². The van der Waals surface area contributed by atoms with Gasteiger partial charge < -0.3 is 10.6 Å². The summed E-state index contributed by atoms with van der Waals surface area (Å²) in [4.78, 5) is 1.41. The van der Waals surface area contributed by atoms with E-state index < -0.39 is 0 Å². The average Bonchev–Trinajstić information content (AvgIpc) is 2.95. The van der Waals surface area contributed by atoms with E-state index in [-0.39, 0.29) is 0 Å². The molecule has 2 nitrogen and oxygen atoms in total. The van der Waals surface area contributed by atoms with Gasteiger partial charge in [-0.15, -0.1) is 11.3 Å². The van der Waals surface area contributed by atoms with E-state index in [1.54, 1.807) is 0 Å². The van der Waals surface area contributed by atoms with Crippen molar-refractivity contribution in [1.82, 2.24) is 10.6 Å². The third-order valence-electron chi connectivity index (χ3n) is 2.52. The topological polar surface area (TPSA) is 24.1 Å². The van der Waals surface area contributed by atoms with E-state index in [2.05, 4.69) is 39.6 Å². The number of thiophene rings is 1. The van der Waals surface area contributed by atoms with Crippen LogP contribution in [0.5, 0.6) is 0 Å². The molecule has 0 aliphatic heterocycles. The quantitative estimate of drug-likeness (QED) is 0.787. The van der Waals surface area contributed by atoms with Crippen LogP contribution in [0.25, 0.3) is 0 Å². The van der Waals surface area contributed by atoms with Crippen molar-refractivity contribution < 1.29 is 0 Å². The van der Waals surface area contributed by atoms with E-state index in [4.69, 9.17) is 0 Å². The third-order valence-corrected chi connectivity index (χ3v) is 4.66. The lowest BCUT2D eigenvalue weighted by Gasteiger charge is -2.03. The van der Waals surface area contributed by atoms with Crippen molar-refractivity contribution in [3.05, 3.63) is 20.3 Å². The zero-order valence-electron chi connectivity index (χ0n) is 8.98. The summed E-state index contributed by atoms with van der Waals surface area (Å²) in [7, 11) is 0. The number of aryl methyl sites for hydroxylation is 1. The molecule has 0 atom stereocenters. The Balaban J connectivity index is 1.60. The Morgan fingerprint density at radius 1 is 1.47 bits per heavy atom. The smallest absolute Gasteiger partial charge is 0.0730 e. The first-order valence-electron chi connectivity index (χ1n) is 5.44. The Bertz CT molecular complexity index is 301. The summed E-state index contributed by atoms with van der Waals surface area (Å²) < 4.78 is 1.26. The summed E-state index contributed by atoms with van der Waals surface area (Å²) in [5.74, 6) is 0. The maximum absolute atomic E-state index is 3.54. The van der Waals surface area contributed by atoms with Crippen LogP contribution in [0, 0.1) is 6.92 Å². The summed E-state index contributed by atoms with van der Waals surface area (Å²) in [5.41, 5.74) is 1.34. The number of hydrogen-bond acceptors (Lipinski definition) is 3. The van der Waals surface area contributed by atoms with Gasteiger partial charge in [0.2, 0.25) is 0 Å². The molecule has 0 saturated heterocycles. The van der Waals surface area contributed by atoms with Crippen LogP contribution in [0.4, 0.5) is 0 Å². The van der Waals surface area contributed by atoms with Gasteiger partial charge in [-0.2, -0.15) is 0 Å². The molecule has 2 N–H and O–H groups in total. The molecule has 0 bridgehead atoms. The molecule has 15 heavy (non-hydrogen) atoms. The van der Waals surface area contributed by atoms with Crippen molar-refractivity contribution >= 4 is 27.3 Å². The highest BCUT2D eigenvalue weighted by Gasteiger charge is 2.19. The normalized spacial score (nSPS) is 15.9. The molecule has 1 aliphatic carbocycles. The van der Waals surface area contributed by atoms with Crippen molar-refractivity contribution in [2.24, 2.45) is 0 Å². The molecule has 0 amide bonds. The highest BCUT2D eigenvalue weighted by atomic mass is 79.9. The van der Waals surface area contributed by atoms with Crippen LogP contribution in [0.1, 0.15) is 23.3 Å². The lowest BCUT2D eigenvalue weighted by atomic mass is 10.3. The number of hydrogen-bond donors (Lipinski definition) is 2.